The smallest absolute Gasteiger partial charge is 0.139 e. The van der Waals surface area contributed by atoms with Crippen molar-refractivity contribution in [1.82, 2.24) is 4.90 Å². The number of likely N-dealkylation sites (tertiary alicyclic amines) is 1. The molecule has 0 spiro atoms. The summed E-state index contributed by atoms with van der Waals surface area (Å²) in [5.41, 5.74) is -0.413. The van der Waals surface area contributed by atoms with Crippen molar-refractivity contribution in [3.05, 3.63) is 0 Å². The van der Waals surface area contributed by atoms with Gasteiger partial charge in [-0.05, 0) is 33.2 Å². The number of aliphatic hydroxyl groups is 1. The first-order valence-corrected chi connectivity index (χ1v) is 4.46. The molecule has 3 heteroatoms. The van der Waals surface area contributed by atoms with Gasteiger partial charge in [-0.3, -0.25) is 4.90 Å². The minimum Gasteiger partial charge on any atom is -0.395 e. The average molecular weight is 171 g/mol. The molecule has 1 rings (SSSR count). The Morgan fingerprint density at radius 1 is 1.67 bits per heavy atom. The van der Waals surface area contributed by atoms with Gasteiger partial charge < -0.3 is 9.90 Å². The Labute approximate surface area is 73.4 Å². The Hall–Kier alpha value is -0.410. The van der Waals surface area contributed by atoms with E-state index >= 15 is 0 Å². The summed E-state index contributed by atoms with van der Waals surface area (Å²) in [5, 5.41) is 9.04. The predicted molar refractivity (Wildman–Crippen MR) is 47.0 cm³/mol. The number of aldehydes is 1. The van der Waals surface area contributed by atoms with Crippen LogP contribution in [0.4, 0.5) is 0 Å². The lowest BCUT2D eigenvalue weighted by Crippen LogP contribution is -2.49. The first kappa shape index (κ1) is 9.68. The van der Waals surface area contributed by atoms with Gasteiger partial charge in [0.15, 0.2) is 0 Å². The monoisotopic (exact) mass is 171 g/mol. The fourth-order valence-electron chi connectivity index (χ4n) is 1.85. The largest absolute Gasteiger partial charge is 0.395 e. The van der Waals surface area contributed by atoms with Crippen molar-refractivity contribution >= 4 is 6.29 Å². The van der Waals surface area contributed by atoms with E-state index in [1.165, 1.54) is 0 Å². The van der Waals surface area contributed by atoms with Crippen LogP contribution in [-0.4, -0.2) is 41.0 Å². The second kappa shape index (κ2) is 3.54. The van der Waals surface area contributed by atoms with Crippen LogP contribution in [0.1, 0.15) is 26.7 Å². The Morgan fingerprint density at radius 3 is 2.83 bits per heavy atom. The summed E-state index contributed by atoms with van der Waals surface area (Å²) in [4.78, 5) is 12.8. The molecule has 1 atom stereocenters. The van der Waals surface area contributed by atoms with Gasteiger partial charge >= 0.3 is 0 Å². The van der Waals surface area contributed by atoms with Gasteiger partial charge in [0.25, 0.3) is 0 Å². The molecule has 0 saturated carbocycles. The number of rotatable bonds is 3. The summed E-state index contributed by atoms with van der Waals surface area (Å²) in [5.74, 6) is 0. The third-order valence-corrected chi connectivity index (χ3v) is 2.62. The Balaban J connectivity index is 2.66. The van der Waals surface area contributed by atoms with E-state index in [4.69, 9.17) is 5.11 Å². The highest BCUT2D eigenvalue weighted by molar-refractivity contribution is 5.62. The molecule has 1 saturated heterocycles. The molecule has 70 valence electrons. The van der Waals surface area contributed by atoms with Gasteiger partial charge in [-0.1, -0.05) is 0 Å². The van der Waals surface area contributed by atoms with Crippen molar-refractivity contribution in [3.8, 4) is 0 Å². The molecule has 0 radical (unpaired) electrons. The van der Waals surface area contributed by atoms with Crippen LogP contribution in [0.15, 0.2) is 0 Å². The molecule has 1 aliphatic rings. The third-order valence-electron chi connectivity index (χ3n) is 2.62. The van der Waals surface area contributed by atoms with Crippen LogP contribution in [0.25, 0.3) is 0 Å². The first-order chi connectivity index (χ1) is 5.61. The molecule has 1 N–H and O–H groups in total. The van der Waals surface area contributed by atoms with Crippen LogP contribution >= 0.6 is 0 Å². The van der Waals surface area contributed by atoms with Crippen molar-refractivity contribution in [2.24, 2.45) is 0 Å². The normalized spacial score (nSPS) is 26.1. The highest BCUT2D eigenvalue weighted by Gasteiger charge is 2.35. The van der Waals surface area contributed by atoms with E-state index in [0.717, 1.165) is 25.7 Å². The molecule has 1 unspecified atom stereocenters. The van der Waals surface area contributed by atoms with Crippen molar-refractivity contribution < 1.29 is 9.90 Å². The molecule has 12 heavy (non-hydrogen) atoms. The molecule has 0 bridgehead atoms. The molecule has 3 nitrogen and oxygen atoms in total. The fraction of sp³-hybridized carbons (Fsp3) is 0.889. The van der Waals surface area contributed by atoms with Crippen LogP contribution in [-0.2, 0) is 4.79 Å². The highest BCUT2D eigenvalue weighted by atomic mass is 16.3. The Morgan fingerprint density at radius 2 is 2.33 bits per heavy atom. The lowest BCUT2D eigenvalue weighted by atomic mass is 10.0. The average Bonchev–Trinajstić information content (AvgIpc) is 2.52. The van der Waals surface area contributed by atoms with Crippen LogP contribution in [0.3, 0.4) is 0 Å². The molecule has 1 aliphatic heterocycles. The van der Waals surface area contributed by atoms with E-state index in [1.807, 2.05) is 13.8 Å². The third kappa shape index (κ3) is 1.67. The lowest BCUT2D eigenvalue weighted by Gasteiger charge is -2.34. The van der Waals surface area contributed by atoms with Gasteiger partial charge in [-0.15, -0.1) is 0 Å². The van der Waals surface area contributed by atoms with Gasteiger partial charge in [0.05, 0.1) is 12.1 Å². The topological polar surface area (TPSA) is 40.5 Å². The van der Waals surface area contributed by atoms with E-state index in [0.29, 0.717) is 0 Å². The number of carbonyl (C=O) groups is 1. The highest BCUT2D eigenvalue weighted by Crippen LogP contribution is 2.24. The summed E-state index contributed by atoms with van der Waals surface area (Å²) in [6.07, 6.45) is 3.05. The zero-order valence-corrected chi connectivity index (χ0v) is 7.79. The van der Waals surface area contributed by atoms with Crippen LogP contribution in [0, 0.1) is 0 Å². The lowest BCUT2D eigenvalue weighted by molar-refractivity contribution is -0.117. The second-order valence-corrected chi connectivity index (χ2v) is 3.94. The van der Waals surface area contributed by atoms with Crippen molar-refractivity contribution in [3.63, 3.8) is 0 Å². The molecular formula is C9H17NO2. The second-order valence-electron chi connectivity index (χ2n) is 3.94. The zero-order chi connectivity index (χ0) is 9.19. The zero-order valence-electron chi connectivity index (χ0n) is 7.79. The summed E-state index contributed by atoms with van der Waals surface area (Å²) in [6, 6.07) is 0.185. The molecular weight excluding hydrogens is 154 g/mol. The SMILES string of the molecule is CC(C)(C=O)N1CCCC1CO. The van der Waals surface area contributed by atoms with E-state index in [-0.39, 0.29) is 12.6 Å². The van der Waals surface area contributed by atoms with Gasteiger partial charge in [-0.25, -0.2) is 0 Å². The van der Waals surface area contributed by atoms with Crippen molar-refractivity contribution in [2.45, 2.75) is 38.3 Å². The number of carbonyl (C=O) groups excluding carboxylic acids is 1. The fourth-order valence-corrected chi connectivity index (χ4v) is 1.85. The Kier molecular flexibility index (Phi) is 2.85. The van der Waals surface area contributed by atoms with Crippen molar-refractivity contribution in [2.75, 3.05) is 13.2 Å². The van der Waals surface area contributed by atoms with Crippen LogP contribution < -0.4 is 0 Å². The number of nitrogens with zero attached hydrogens (tertiary/aromatic N) is 1. The maximum Gasteiger partial charge on any atom is 0.139 e. The quantitative estimate of drug-likeness (QED) is 0.626. The van der Waals surface area contributed by atoms with Gasteiger partial charge in [0.2, 0.25) is 0 Å². The molecule has 0 aromatic heterocycles. The summed E-state index contributed by atoms with van der Waals surface area (Å²) in [6.45, 7) is 4.89. The standard InChI is InChI=1S/C9H17NO2/c1-9(2,7-12)10-5-3-4-8(10)6-11/h7-8,11H,3-6H2,1-2H3. The minimum atomic E-state index is -0.413. The van der Waals surface area contributed by atoms with Gasteiger partial charge in [0.1, 0.15) is 6.29 Å². The van der Waals surface area contributed by atoms with Crippen LogP contribution in [0.5, 0.6) is 0 Å². The van der Waals surface area contributed by atoms with E-state index in [1.54, 1.807) is 0 Å². The first-order valence-electron chi connectivity index (χ1n) is 4.46. The summed E-state index contributed by atoms with van der Waals surface area (Å²) in [7, 11) is 0. The number of hydrogen-bond donors (Lipinski definition) is 1. The molecule has 0 aromatic rings. The Bertz CT molecular complexity index is 168. The van der Waals surface area contributed by atoms with E-state index in [2.05, 4.69) is 4.90 Å². The molecule has 1 fully saturated rings. The maximum atomic E-state index is 10.8. The van der Waals surface area contributed by atoms with E-state index in [9.17, 15) is 4.79 Å². The number of hydrogen-bond acceptors (Lipinski definition) is 3. The summed E-state index contributed by atoms with van der Waals surface area (Å²) < 4.78 is 0. The number of aliphatic hydroxyl groups excluding tert-OH is 1. The molecule has 0 amide bonds. The molecule has 0 aromatic carbocycles. The minimum absolute atomic E-state index is 0.164. The predicted octanol–water partition coefficient (Wildman–Crippen LogP) is 0.421. The van der Waals surface area contributed by atoms with Gasteiger partial charge in [0, 0.05) is 6.04 Å². The van der Waals surface area contributed by atoms with Crippen LogP contribution in [0.2, 0.25) is 0 Å². The molecule has 1 heterocycles. The van der Waals surface area contributed by atoms with E-state index < -0.39 is 5.54 Å². The molecule has 0 aliphatic carbocycles. The maximum absolute atomic E-state index is 10.8. The summed E-state index contributed by atoms with van der Waals surface area (Å²) >= 11 is 0. The van der Waals surface area contributed by atoms with Gasteiger partial charge in [-0.2, -0.15) is 0 Å². The van der Waals surface area contributed by atoms with Crippen molar-refractivity contribution in [1.29, 1.82) is 0 Å².